The zero-order valence-electron chi connectivity index (χ0n) is 17.5. The fourth-order valence-corrected chi connectivity index (χ4v) is 3.68. The summed E-state index contributed by atoms with van der Waals surface area (Å²) in [6.45, 7) is 3.58. The van der Waals surface area contributed by atoms with Crippen LogP contribution in [0.4, 0.5) is 16.2 Å². The number of ether oxygens (including phenoxy) is 1. The summed E-state index contributed by atoms with van der Waals surface area (Å²) >= 11 is 0. The van der Waals surface area contributed by atoms with Crippen LogP contribution >= 0.6 is 0 Å². The Balaban J connectivity index is 1.40. The van der Waals surface area contributed by atoms with Gasteiger partial charge >= 0.3 is 6.03 Å². The predicted molar refractivity (Wildman–Crippen MR) is 122 cm³/mol. The number of urea groups is 1. The summed E-state index contributed by atoms with van der Waals surface area (Å²) in [6, 6.07) is 24.8. The van der Waals surface area contributed by atoms with Gasteiger partial charge in [-0.05, 0) is 42.8 Å². The second-order valence-electron chi connectivity index (χ2n) is 7.24. The van der Waals surface area contributed by atoms with E-state index >= 15 is 0 Å². The molecule has 1 heterocycles. The first-order valence-corrected chi connectivity index (χ1v) is 10.4. The average molecular weight is 415 g/mol. The van der Waals surface area contributed by atoms with Gasteiger partial charge in [-0.1, -0.05) is 48.5 Å². The lowest BCUT2D eigenvalue weighted by Gasteiger charge is -2.19. The minimum Gasteiger partial charge on any atom is -0.494 e. The number of hydrogen-bond donors (Lipinski definition) is 1. The van der Waals surface area contributed by atoms with Crippen LogP contribution in [0.5, 0.6) is 5.75 Å². The molecule has 158 valence electrons. The minimum absolute atomic E-state index is 0.00941. The molecule has 6 heteroatoms. The van der Waals surface area contributed by atoms with Crippen molar-refractivity contribution < 1.29 is 14.3 Å². The molecule has 0 radical (unpaired) electrons. The van der Waals surface area contributed by atoms with Gasteiger partial charge in [0.15, 0.2) is 0 Å². The van der Waals surface area contributed by atoms with E-state index in [1.807, 2.05) is 85.8 Å². The molecule has 1 N–H and O–H groups in total. The normalized spacial score (nSPS) is 13.4. The van der Waals surface area contributed by atoms with Crippen molar-refractivity contribution in [1.82, 2.24) is 4.90 Å². The molecule has 31 heavy (non-hydrogen) atoms. The van der Waals surface area contributed by atoms with Crippen molar-refractivity contribution >= 4 is 23.3 Å². The van der Waals surface area contributed by atoms with Crippen molar-refractivity contribution in [2.75, 3.05) is 36.5 Å². The van der Waals surface area contributed by atoms with Gasteiger partial charge in [0.2, 0.25) is 5.91 Å². The maximum atomic E-state index is 12.8. The molecule has 1 fully saturated rings. The largest absolute Gasteiger partial charge is 0.494 e. The van der Waals surface area contributed by atoms with E-state index in [0.717, 1.165) is 28.3 Å². The SMILES string of the molecule is CCOc1ccc(N2CCN(CC(=O)Nc3ccccc3-c3ccccc3)C2=O)cc1. The molecule has 1 saturated heterocycles. The monoisotopic (exact) mass is 415 g/mol. The number of hydrogen-bond acceptors (Lipinski definition) is 3. The van der Waals surface area contributed by atoms with Gasteiger partial charge in [-0.25, -0.2) is 4.79 Å². The molecular weight excluding hydrogens is 390 g/mol. The standard InChI is InChI=1S/C25H25N3O3/c1-2-31-21-14-12-20(13-15-21)28-17-16-27(25(28)30)18-24(29)26-23-11-7-6-10-22(23)19-8-4-3-5-9-19/h3-15H,2,16-18H2,1H3,(H,26,29). The van der Waals surface area contributed by atoms with E-state index in [1.54, 1.807) is 9.80 Å². The number of carbonyl (C=O) groups excluding carboxylic acids is 2. The Morgan fingerprint density at radius 1 is 0.935 bits per heavy atom. The zero-order valence-corrected chi connectivity index (χ0v) is 17.5. The lowest BCUT2D eigenvalue weighted by atomic mass is 10.0. The van der Waals surface area contributed by atoms with Gasteiger partial charge in [0, 0.05) is 30.0 Å². The Morgan fingerprint density at radius 3 is 2.39 bits per heavy atom. The molecule has 4 rings (SSSR count). The number of carbonyl (C=O) groups is 2. The quantitative estimate of drug-likeness (QED) is 0.612. The number of amides is 3. The van der Waals surface area contributed by atoms with Gasteiger partial charge < -0.3 is 15.0 Å². The number of nitrogens with one attached hydrogen (secondary N) is 1. The van der Waals surface area contributed by atoms with Gasteiger partial charge in [-0.2, -0.15) is 0 Å². The van der Waals surface area contributed by atoms with Crippen LogP contribution in [-0.2, 0) is 4.79 Å². The fraction of sp³-hybridized carbons (Fsp3) is 0.200. The molecule has 3 amide bonds. The summed E-state index contributed by atoms with van der Waals surface area (Å²) in [4.78, 5) is 28.8. The maximum absolute atomic E-state index is 12.8. The molecule has 1 aliphatic heterocycles. The van der Waals surface area contributed by atoms with Gasteiger partial charge in [-0.15, -0.1) is 0 Å². The highest BCUT2D eigenvalue weighted by Gasteiger charge is 2.31. The molecule has 0 saturated carbocycles. The van der Waals surface area contributed by atoms with Crippen LogP contribution < -0.4 is 15.0 Å². The summed E-state index contributed by atoms with van der Waals surface area (Å²) < 4.78 is 5.46. The molecule has 0 spiro atoms. The van der Waals surface area contributed by atoms with Crippen LogP contribution in [0.25, 0.3) is 11.1 Å². The molecule has 3 aromatic carbocycles. The van der Waals surface area contributed by atoms with Crippen molar-refractivity contribution in [3.8, 4) is 16.9 Å². The molecule has 6 nitrogen and oxygen atoms in total. The van der Waals surface area contributed by atoms with E-state index in [1.165, 1.54) is 0 Å². The van der Waals surface area contributed by atoms with Crippen molar-refractivity contribution in [1.29, 1.82) is 0 Å². The first-order chi connectivity index (χ1) is 15.2. The smallest absolute Gasteiger partial charge is 0.325 e. The van der Waals surface area contributed by atoms with Crippen LogP contribution in [0.15, 0.2) is 78.9 Å². The van der Waals surface area contributed by atoms with Crippen molar-refractivity contribution in [3.63, 3.8) is 0 Å². The Morgan fingerprint density at radius 2 is 1.65 bits per heavy atom. The number of rotatable bonds is 7. The summed E-state index contributed by atoms with van der Waals surface area (Å²) in [7, 11) is 0. The molecular formula is C25H25N3O3. The summed E-state index contributed by atoms with van der Waals surface area (Å²) in [5.41, 5.74) is 3.50. The van der Waals surface area contributed by atoms with Gasteiger partial charge in [0.05, 0.1) is 6.61 Å². The minimum atomic E-state index is -0.217. The van der Waals surface area contributed by atoms with Gasteiger partial charge in [0.25, 0.3) is 0 Å². The van der Waals surface area contributed by atoms with E-state index in [2.05, 4.69) is 5.32 Å². The fourth-order valence-electron chi connectivity index (χ4n) is 3.68. The van der Waals surface area contributed by atoms with Gasteiger partial charge in [-0.3, -0.25) is 9.69 Å². The highest BCUT2D eigenvalue weighted by molar-refractivity contribution is 6.01. The molecule has 3 aromatic rings. The van der Waals surface area contributed by atoms with Gasteiger partial charge in [0.1, 0.15) is 12.3 Å². The average Bonchev–Trinajstić information content (AvgIpc) is 3.15. The van der Waals surface area contributed by atoms with E-state index in [4.69, 9.17) is 4.74 Å². The van der Waals surface area contributed by atoms with E-state index in [-0.39, 0.29) is 18.5 Å². The molecule has 0 atom stereocenters. The lowest BCUT2D eigenvalue weighted by molar-refractivity contribution is -0.116. The van der Waals surface area contributed by atoms with E-state index < -0.39 is 0 Å². The van der Waals surface area contributed by atoms with Crippen LogP contribution in [0.1, 0.15) is 6.92 Å². The van der Waals surface area contributed by atoms with Crippen LogP contribution in [0.3, 0.4) is 0 Å². The predicted octanol–water partition coefficient (Wildman–Crippen LogP) is 4.63. The van der Waals surface area contributed by atoms with Crippen molar-refractivity contribution in [2.24, 2.45) is 0 Å². The van der Waals surface area contributed by atoms with E-state index in [0.29, 0.717) is 19.7 Å². The van der Waals surface area contributed by atoms with Crippen LogP contribution in [-0.4, -0.2) is 43.1 Å². The Kier molecular flexibility index (Phi) is 6.17. The third kappa shape index (κ3) is 4.69. The number of nitrogens with zero attached hydrogens (tertiary/aromatic N) is 2. The molecule has 1 aliphatic rings. The van der Waals surface area contributed by atoms with Crippen LogP contribution in [0.2, 0.25) is 0 Å². The summed E-state index contributed by atoms with van der Waals surface area (Å²) in [5.74, 6) is 0.552. The highest BCUT2D eigenvalue weighted by atomic mass is 16.5. The summed E-state index contributed by atoms with van der Waals surface area (Å²) in [5, 5.41) is 2.96. The lowest BCUT2D eigenvalue weighted by Crippen LogP contribution is -2.37. The summed E-state index contributed by atoms with van der Waals surface area (Å²) in [6.07, 6.45) is 0. The Bertz CT molecular complexity index is 1050. The Hall–Kier alpha value is -3.80. The third-order valence-electron chi connectivity index (χ3n) is 5.17. The third-order valence-corrected chi connectivity index (χ3v) is 5.17. The second kappa shape index (κ2) is 9.34. The number of benzene rings is 3. The molecule has 0 bridgehead atoms. The zero-order chi connectivity index (χ0) is 21.6. The number of anilines is 2. The topological polar surface area (TPSA) is 61.9 Å². The number of para-hydroxylation sites is 1. The van der Waals surface area contributed by atoms with Crippen molar-refractivity contribution in [2.45, 2.75) is 6.92 Å². The Labute approximate surface area is 182 Å². The van der Waals surface area contributed by atoms with Crippen molar-refractivity contribution in [3.05, 3.63) is 78.9 Å². The highest BCUT2D eigenvalue weighted by Crippen LogP contribution is 2.28. The molecule has 0 aliphatic carbocycles. The maximum Gasteiger partial charge on any atom is 0.325 e. The first kappa shape index (κ1) is 20.5. The van der Waals surface area contributed by atoms with Crippen LogP contribution in [0, 0.1) is 0 Å². The second-order valence-corrected chi connectivity index (χ2v) is 7.24. The molecule has 0 aromatic heterocycles. The first-order valence-electron chi connectivity index (χ1n) is 10.4. The van der Waals surface area contributed by atoms with E-state index in [9.17, 15) is 9.59 Å². The molecule has 0 unspecified atom stereocenters.